The minimum Gasteiger partial charge on any atom is -0.336 e. The predicted octanol–water partition coefficient (Wildman–Crippen LogP) is 2.63. The molecule has 1 N–H and O–H groups in total. The van der Waals surface area contributed by atoms with E-state index in [1.165, 1.54) is 4.88 Å². The van der Waals surface area contributed by atoms with Crippen molar-refractivity contribution in [1.82, 2.24) is 10.2 Å². The van der Waals surface area contributed by atoms with Crippen LogP contribution in [0.3, 0.4) is 0 Å². The van der Waals surface area contributed by atoms with Gasteiger partial charge in [-0.25, -0.2) is 0 Å². The second-order valence-corrected chi connectivity index (χ2v) is 5.90. The second-order valence-electron chi connectivity index (χ2n) is 4.86. The summed E-state index contributed by atoms with van der Waals surface area (Å²) in [6, 6.07) is 4.14. The van der Waals surface area contributed by atoms with Gasteiger partial charge in [-0.3, -0.25) is 4.79 Å². The van der Waals surface area contributed by atoms with Crippen LogP contribution in [0.25, 0.3) is 0 Å². The molecule has 2 rings (SSSR count). The molecule has 1 atom stereocenters. The van der Waals surface area contributed by atoms with Crippen molar-refractivity contribution >= 4 is 17.2 Å². The zero-order valence-electron chi connectivity index (χ0n) is 11.2. The van der Waals surface area contributed by atoms with Gasteiger partial charge in [0, 0.05) is 11.4 Å². The Kier molecular flexibility index (Phi) is 4.40. The topological polar surface area (TPSA) is 32.3 Å². The van der Waals surface area contributed by atoms with E-state index in [0.717, 1.165) is 38.9 Å². The minimum atomic E-state index is -0.298. The molecule has 2 heterocycles. The zero-order chi connectivity index (χ0) is 13.0. The van der Waals surface area contributed by atoms with Gasteiger partial charge in [-0.1, -0.05) is 13.0 Å². The molecular weight excluding hydrogens is 244 g/mol. The quantitative estimate of drug-likeness (QED) is 0.888. The molecular formula is C14H22N2OS. The van der Waals surface area contributed by atoms with E-state index in [1.807, 2.05) is 11.0 Å². The lowest BCUT2D eigenvalue weighted by Gasteiger charge is -2.33. The Morgan fingerprint density at radius 1 is 1.56 bits per heavy atom. The Bertz CT molecular complexity index is 383. The summed E-state index contributed by atoms with van der Waals surface area (Å²) in [5.41, 5.74) is -0.298. The van der Waals surface area contributed by atoms with Crippen molar-refractivity contribution in [2.45, 2.75) is 45.2 Å². The van der Waals surface area contributed by atoms with Crippen LogP contribution in [0.1, 0.15) is 38.0 Å². The first-order valence-electron chi connectivity index (χ1n) is 6.78. The van der Waals surface area contributed by atoms with Crippen LogP contribution in [0.5, 0.6) is 0 Å². The molecule has 4 heteroatoms. The van der Waals surface area contributed by atoms with Crippen LogP contribution in [0, 0.1) is 0 Å². The first kappa shape index (κ1) is 13.6. The molecule has 1 saturated heterocycles. The highest BCUT2D eigenvalue weighted by Gasteiger charge is 2.41. The number of carbonyl (C=O) groups excluding carboxylic acids is 1. The molecule has 1 fully saturated rings. The highest BCUT2D eigenvalue weighted by atomic mass is 32.1. The number of thiophene rings is 1. The first-order valence-corrected chi connectivity index (χ1v) is 7.66. The summed E-state index contributed by atoms with van der Waals surface area (Å²) < 4.78 is 0. The first-order chi connectivity index (χ1) is 8.72. The molecule has 0 aromatic carbocycles. The van der Waals surface area contributed by atoms with Gasteiger partial charge in [0.2, 0.25) is 5.91 Å². The van der Waals surface area contributed by atoms with Gasteiger partial charge in [-0.15, -0.1) is 11.3 Å². The van der Waals surface area contributed by atoms with Crippen molar-refractivity contribution in [3.05, 3.63) is 22.4 Å². The lowest BCUT2D eigenvalue weighted by molar-refractivity contribution is -0.138. The fourth-order valence-corrected chi connectivity index (χ4v) is 3.38. The van der Waals surface area contributed by atoms with E-state index in [0.29, 0.717) is 0 Å². The van der Waals surface area contributed by atoms with Crippen molar-refractivity contribution in [3.63, 3.8) is 0 Å². The predicted molar refractivity (Wildman–Crippen MR) is 75.7 cm³/mol. The summed E-state index contributed by atoms with van der Waals surface area (Å²) in [5, 5.41) is 5.49. The fraction of sp³-hybridized carbons (Fsp3) is 0.643. The normalized spacial score (nSPS) is 23.2. The van der Waals surface area contributed by atoms with Crippen molar-refractivity contribution in [1.29, 1.82) is 0 Å². The molecule has 0 radical (unpaired) electrons. The number of likely N-dealkylation sites (N-methyl/N-ethyl adjacent to an activating group) is 1. The van der Waals surface area contributed by atoms with Gasteiger partial charge < -0.3 is 10.2 Å². The van der Waals surface area contributed by atoms with E-state index < -0.39 is 0 Å². The molecule has 0 spiro atoms. The van der Waals surface area contributed by atoms with Crippen molar-refractivity contribution in [2.75, 3.05) is 13.1 Å². The van der Waals surface area contributed by atoms with Crippen molar-refractivity contribution < 1.29 is 4.79 Å². The molecule has 3 nitrogen and oxygen atoms in total. The zero-order valence-corrected chi connectivity index (χ0v) is 12.1. The Balaban J connectivity index is 2.09. The summed E-state index contributed by atoms with van der Waals surface area (Å²) in [6.45, 7) is 6.66. The number of carbonyl (C=O) groups is 1. The van der Waals surface area contributed by atoms with Gasteiger partial charge in [0.15, 0.2) is 0 Å². The molecule has 1 amide bonds. The third-order valence-corrected chi connectivity index (χ3v) is 4.71. The van der Waals surface area contributed by atoms with Crippen LogP contribution in [-0.4, -0.2) is 29.4 Å². The van der Waals surface area contributed by atoms with Crippen molar-refractivity contribution in [2.24, 2.45) is 0 Å². The average molecular weight is 266 g/mol. The highest BCUT2D eigenvalue weighted by molar-refractivity contribution is 7.09. The van der Waals surface area contributed by atoms with Crippen LogP contribution in [-0.2, 0) is 11.3 Å². The summed E-state index contributed by atoms with van der Waals surface area (Å²) in [6.07, 6.45) is 2.96. The lowest BCUT2D eigenvalue weighted by atomic mass is 9.92. The van der Waals surface area contributed by atoms with E-state index in [4.69, 9.17) is 0 Å². The van der Waals surface area contributed by atoms with Gasteiger partial charge >= 0.3 is 0 Å². The van der Waals surface area contributed by atoms with Crippen molar-refractivity contribution in [3.8, 4) is 0 Å². The van der Waals surface area contributed by atoms with Gasteiger partial charge in [-0.2, -0.15) is 0 Å². The molecule has 1 unspecified atom stereocenters. The molecule has 1 aromatic heterocycles. The Morgan fingerprint density at radius 2 is 2.39 bits per heavy atom. The Labute approximate surface area is 113 Å². The van der Waals surface area contributed by atoms with E-state index in [9.17, 15) is 4.79 Å². The number of hydrogen-bond donors (Lipinski definition) is 1. The average Bonchev–Trinajstić information content (AvgIpc) is 3.06. The second kappa shape index (κ2) is 5.85. The molecule has 0 aliphatic carbocycles. The number of nitrogens with one attached hydrogen (secondary N) is 1. The SMILES string of the molecule is CCN(Cc1cccs1)C(=O)C1(CC)CCCN1. The van der Waals surface area contributed by atoms with Crippen LogP contribution in [0.2, 0.25) is 0 Å². The minimum absolute atomic E-state index is 0.276. The van der Waals surface area contributed by atoms with Crippen LogP contribution >= 0.6 is 11.3 Å². The Hall–Kier alpha value is -0.870. The Morgan fingerprint density at radius 3 is 2.89 bits per heavy atom. The largest absolute Gasteiger partial charge is 0.336 e. The molecule has 18 heavy (non-hydrogen) atoms. The monoisotopic (exact) mass is 266 g/mol. The van der Waals surface area contributed by atoms with Gasteiger partial charge in [0.05, 0.1) is 12.1 Å². The van der Waals surface area contributed by atoms with Crippen LogP contribution in [0.15, 0.2) is 17.5 Å². The van der Waals surface area contributed by atoms with E-state index in [-0.39, 0.29) is 11.4 Å². The number of rotatable bonds is 5. The highest BCUT2D eigenvalue weighted by Crippen LogP contribution is 2.26. The van der Waals surface area contributed by atoms with Crippen LogP contribution < -0.4 is 5.32 Å². The molecule has 100 valence electrons. The summed E-state index contributed by atoms with van der Waals surface area (Å²) in [7, 11) is 0. The number of nitrogens with zero attached hydrogens (tertiary/aromatic N) is 1. The van der Waals surface area contributed by atoms with E-state index in [2.05, 4.69) is 30.6 Å². The molecule has 1 aliphatic heterocycles. The standard InChI is InChI=1S/C14H22N2OS/c1-3-14(8-6-9-15-14)13(17)16(4-2)11-12-7-5-10-18-12/h5,7,10,15H,3-4,6,8-9,11H2,1-2H3. The molecule has 0 saturated carbocycles. The molecule has 0 bridgehead atoms. The smallest absolute Gasteiger partial charge is 0.243 e. The number of amides is 1. The maximum atomic E-state index is 12.7. The van der Waals surface area contributed by atoms with Gasteiger partial charge in [0.1, 0.15) is 0 Å². The third-order valence-electron chi connectivity index (χ3n) is 3.85. The maximum absolute atomic E-state index is 12.7. The maximum Gasteiger partial charge on any atom is 0.243 e. The van der Waals surface area contributed by atoms with Gasteiger partial charge in [0.25, 0.3) is 0 Å². The summed E-state index contributed by atoms with van der Waals surface area (Å²) in [5.74, 6) is 0.276. The van der Waals surface area contributed by atoms with Crippen LogP contribution in [0.4, 0.5) is 0 Å². The summed E-state index contributed by atoms with van der Waals surface area (Å²) >= 11 is 1.72. The number of hydrogen-bond acceptors (Lipinski definition) is 3. The molecule has 1 aromatic rings. The molecule has 1 aliphatic rings. The summed E-state index contributed by atoms with van der Waals surface area (Å²) in [4.78, 5) is 16.0. The lowest BCUT2D eigenvalue weighted by Crippen LogP contribution is -2.54. The van der Waals surface area contributed by atoms with E-state index >= 15 is 0 Å². The van der Waals surface area contributed by atoms with E-state index in [1.54, 1.807) is 11.3 Å². The fourth-order valence-electron chi connectivity index (χ4n) is 2.66. The third kappa shape index (κ3) is 2.59. The van der Waals surface area contributed by atoms with Gasteiger partial charge in [-0.05, 0) is 44.2 Å².